The van der Waals surface area contributed by atoms with Crippen molar-refractivity contribution in [2.24, 2.45) is 0 Å². The van der Waals surface area contributed by atoms with Gasteiger partial charge in [-0.3, -0.25) is 9.59 Å². The number of hydrogen-bond acceptors (Lipinski definition) is 5. The lowest BCUT2D eigenvalue weighted by molar-refractivity contribution is -0.140. The first-order chi connectivity index (χ1) is 12.9. The lowest BCUT2D eigenvalue weighted by Gasteiger charge is -2.24. The molecule has 1 saturated heterocycles. The van der Waals surface area contributed by atoms with Gasteiger partial charge >= 0.3 is 0 Å². The van der Waals surface area contributed by atoms with Crippen LogP contribution in [0.1, 0.15) is 30.3 Å². The molecule has 3 rings (SSSR count). The molecule has 1 fully saturated rings. The van der Waals surface area contributed by atoms with E-state index in [4.69, 9.17) is 16.3 Å². The van der Waals surface area contributed by atoms with Gasteiger partial charge in [0.25, 0.3) is 11.7 Å². The number of likely N-dealkylation sites (tertiary alicyclic amines) is 1. The number of carbonyl (C=O) groups is 2. The molecular weight excluding hydrogens is 386 g/mol. The summed E-state index contributed by atoms with van der Waals surface area (Å²) in [5.74, 6) is -1.55. The number of benzene rings is 1. The van der Waals surface area contributed by atoms with E-state index < -0.39 is 17.7 Å². The number of nitrogens with zero attached hydrogens (tertiary/aromatic N) is 1. The maximum atomic E-state index is 12.7. The summed E-state index contributed by atoms with van der Waals surface area (Å²) in [4.78, 5) is 27.7. The summed E-state index contributed by atoms with van der Waals surface area (Å²) in [5, 5.41) is 13.1. The number of aliphatic hydroxyl groups is 1. The smallest absolute Gasteiger partial charge is 0.295 e. The summed E-state index contributed by atoms with van der Waals surface area (Å²) in [6.07, 6.45) is 0.0217. The molecule has 1 aromatic carbocycles. The number of ketones is 1. The van der Waals surface area contributed by atoms with Crippen LogP contribution in [-0.4, -0.2) is 41.0 Å². The second kappa shape index (κ2) is 8.25. The van der Waals surface area contributed by atoms with Crippen LogP contribution >= 0.6 is 22.9 Å². The van der Waals surface area contributed by atoms with Crippen LogP contribution < -0.4 is 0 Å². The van der Waals surface area contributed by atoms with Gasteiger partial charge in [-0.05, 0) is 37.4 Å². The largest absolute Gasteiger partial charge is 0.507 e. The summed E-state index contributed by atoms with van der Waals surface area (Å²) in [5.41, 5.74) is 0.481. The molecule has 1 aliphatic heterocycles. The number of hydrogen-bond donors (Lipinski definition) is 1. The summed E-state index contributed by atoms with van der Waals surface area (Å²) >= 11 is 7.44. The van der Waals surface area contributed by atoms with Crippen LogP contribution in [0.4, 0.5) is 0 Å². The molecule has 1 N–H and O–H groups in total. The van der Waals surface area contributed by atoms with Crippen LogP contribution in [0, 0.1) is 0 Å². The Morgan fingerprint density at radius 3 is 2.70 bits per heavy atom. The fourth-order valence-corrected chi connectivity index (χ4v) is 4.07. The second-order valence-electron chi connectivity index (χ2n) is 6.44. The Morgan fingerprint density at radius 1 is 1.30 bits per heavy atom. The molecule has 0 bridgehead atoms. The van der Waals surface area contributed by atoms with Crippen molar-refractivity contribution in [3.8, 4) is 0 Å². The minimum Gasteiger partial charge on any atom is -0.507 e. The van der Waals surface area contributed by atoms with Crippen molar-refractivity contribution >= 4 is 40.4 Å². The van der Waals surface area contributed by atoms with E-state index in [0.29, 0.717) is 17.2 Å². The first-order valence-electron chi connectivity index (χ1n) is 8.59. The first kappa shape index (κ1) is 19.6. The van der Waals surface area contributed by atoms with Crippen molar-refractivity contribution in [1.29, 1.82) is 0 Å². The van der Waals surface area contributed by atoms with E-state index in [9.17, 15) is 14.7 Å². The lowest BCUT2D eigenvalue weighted by atomic mass is 10.00. The molecule has 0 saturated carbocycles. The Morgan fingerprint density at radius 2 is 2.07 bits per heavy atom. The molecule has 27 heavy (non-hydrogen) atoms. The van der Waals surface area contributed by atoms with E-state index in [1.807, 2.05) is 31.4 Å². The third kappa shape index (κ3) is 4.08. The van der Waals surface area contributed by atoms with Crippen molar-refractivity contribution in [2.45, 2.75) is 26.0 Å². The molecule has 1 amide bonds. The van der Waals surface area contributed by atoms with Gasteiger partial charge < -0.3 is 14.7 Å². The van der Waals surface area contributed by atoms with E-state index >= 15 is 0 Å². The Bertz CT molecular complexity index is 876. The third-order valence-corrected chi connectivity index (χ3v) is 5.39. The molecule has 2 heterocycles. The van der Waals surface area contributed by atoms with Gasteiger partial charge in [0.15, 0.2) is 0 Å². The number of carbonyl (C=O) groups excluding carboxylic acids is 2. The van der Waals surface area contributed by atoms with Crippen molar-refractivity contribution < 1.29 is 19.4 Å². The molecule has 5 nitrogen and oxygen atoms in total. The molecule has 142 valence electrons. The minimum atomic E-state index is -0.699. The molecule has 1 aromatic heterocycles. The third-order valence-electron chi connectivity index (χ3n) is 4.23. The fourth-order valence-electron chi connectivity index (χ4n) is 3.03. The van der Waals surface area contributed by atoms with Crippen molar-refractivity contribution in [3.05, 3.63) is 62.8 Å². The highest BCUT2D eigenvalue weighted by Crippen LogP contribution is 2.41. The van der Waals surface area contributed by atoms with E-state index in [-0.39, 0.29) is 24.0 Å². The molecule has 1 unspecified atom stereocenters. The van der Waals surface area contributed by atoms with Crippen molar-refractivity contribution in [1.82, 2.24) is 4.90 Å². The average Bonchev–Trinajstić information content (AvgIpc) is 3.23. The number of rotatable bonds is 6. The van der Waals surface area contributed by atoms with Crippen LogP contribution in [0.5, 0.6) is 0 Å². The molecular formula is C20H20ClNO4S. The molecule has 1 aliphatic rings. The molecule has 2 aromatic rings. The van der Waals surface area contributed by atoms with Crippen LogP contribution in [0.3, 0.4) is 0 Å². The highest BCUT2D eigenvalue weighted by Gasteiger charge is 2.46. The number of Topliss-reactive ketones (excluding diaryl/α,β-unsaturated/α-hetero) is 1. The summed E-state index contributed by atoms with van der Waals surface area (Å²) < 4.78 is 5.55. The Kier molecular flexibility index (Phi) is 5.99. The van der Waals surface area contributed by atoms with Crippen molar-refractivity contribution in [2.75, 3.05) is 13.2 Å². The number of thiophene rings is 1. The molecule has 0 radical (unpaired) electrons. The van der Waals surface area contributed by atoms with Crippen LogP contribution in [0.2, 0.25) is 5.02 Å². The van der Waals surface area contributed by atoms with E-state index in [1.165, 1.54) is 16.2 Å². The van der Waals surface area contributed by atoms with Gasteiger partial charge in [0, 0.05) is 22.0 Å². The Labute approximate surface area is 166 Å². The zero-order chi connectivity index (χ0) is 19.6. The van der Waals surface area contributed by atoms with Crippen LogP contribution in [-0.2, 0) is 14.3 Å². The maximum absolute atomic E-state index is 12.7. The molecule has 0 spiro atoms. The van der Waals surface area contributed by atoms with Gasteiger partial charge in [0.05, 0.1) is 24.3 Å². The fraction of sp³-hybridized carbons (Fsp3) is 0.300. The molecule has 1 atom stereocenters. The highest BCUT2D eigenvalue weighted by molar-refractivity contribution is 7.10. The SMILES string of the molecule is CC(C)OCCN1C(=O)C(=O)/C(=C(\O)c2cccc(Cl)c2)C1c1cccs1. The van der Waals surface area contributed by atoms with Gasteiger partial charge in [-0.1, -0.05) is 29.8 Å². The number of ether oxygens (including phenoxy) is 1. The zero-order valence-corrected chi connectivity index (χ0v) is 16.6. The number of amides is 1. The summed E-state index contributed by atoms with van der Waals surface area (Å²) in [6.45, 7) is 4.38. The zero-order valence-electron chi connectivity index (χ0n) is 15.0. The number of halogens is 1. The number of aliphatic hydroxyl groups excluding tert-OH is 1. The molecule has 7 heteroatoms. The highest BCUT2D eigenvalue weighted by atomic mass is 35.5. The van der Waals surface area contributed by atoms with Gasteiger partial charge in [0.1, 0.15) is 5.76 Å². The average molecular weight is 406 g/mol. The van der Waals surface area contributed by atoms with Gasteiger partial charge in [-0.25, -0.2) is 0 Å². The standard InChI is InChI=1S/C20H20ClNO4S/c1-12(2)26-9-8-22-17(15-7-4-10-27-15)16(19(24)20(22)25)18(23)13-5-3-6-14(21)11-13/h3-7,10-12,17,23H,8-9H2,1-2H3/b18-16-. The van der Waals surface area contributed by atoms with Crippen LogP contribution in [0.15, 0.2) is 47.4 Å². The predicted molar refractivity (Wildman–Crippen MR) is 106 cm³/mol. The van der Waals surface area contributed by atoms with Crippen molar-refractivity contribution in [3.63, 3.8) is 0 Å². The van der Waals surface area contributed by atoms with Gasteiger partial charge in [-0.2, -0.15) is 0 Å². The normalized spacial score (nSPS) is 19.3. The van der Waals surface area contributed by atoms with E-state index in [0.717, 1.165) is 4.88 Å². The maximum Gasteiger partial charge on any atom is 0.295 e. The minimum absolute atomic E-state index is 0.0217. The lowest BCUT2D eigenvalue weighted by Crippen LogP contribution is -2.33. The van der Waals surface area contributed by atoms with E-state index in [2.05, 4.69) is 0 Å². The summed E-state index contributed by atoms with van der Waals surface area (Å²) in [7, 11) is 0. The quantitative estimate of drug-likeness (QED) is 0.443. The molecule has 0 aliphatic carbocycles. The Balaban J connectivity index is 2.04. The topological polar surface area (TPSA) is 66.8 Å². The summed E-state index contributed by atoms with van der Waals surface area (Å²) in [6, 6.07) is 9.65. The van der Waals surface area contributed by atoms with Crippen LogP contribution in [0.25, 0.3) is 5.76 Å². The predicted octanol–water partition coefficient (Wildman–Crippen LogP) is 4.25. The Hall–Kier alpha value is -2.15. The van der Waals surface area contributed by atoms with Gasteiger partial charge in [-0.15, -0.1) is 11.3 Å². The van der Waals surface area contributed by atoms with E-state index in [1.54, 1.807) is 24.3 Å². The monoisotopic (exact) mass is 405 g/mol. The second-order valence-corrected chi connectivity index (χ2v) is 7.85. The first-order valence-corrected chi connectivity index (χ1v) is 9.85. The van der Waals surface area contributed by atoms with Gasteiger partial charge in [0.2, 0.25) is 0 Å².